The molecule has 1 aliphatic heterocycles. The molecule has 0 aromatic heterocycles. The highest BCUT2D eigenvalue weighted by atomic mass is 16.5. The third-order valence-electron chi connectivity index (χ3n) is 6.26. The van der Waals surface area contributed by atoms with Crippen molar-refractivity contribution in [3.05, 3.63) is 64.7 Å². The molecule has 1 unspecified atom stereocenters. The molecule has 1 saturated heterocycles. The average molecular weight is 495 g/mol. The van der Waals surface area contributed by atoms with Crippen LogP contribution in [0.2, 0.25) is 0 Å². The molecule has 7 heteroatoms. The topological polar surface area (TPSA) is 79.3 Å². The van der Waals surface area contributed by atoms with Gasteiger partial charge in [-0.25, -0.2) is 0 Å². The lowest BCUT2D eigenvalue weighted by Gasteiger charge is -2.26. The normalized spacial score (nSPS) is 17.3. The number of nitrogens with zero attached hydrogens (tertiary/aromatic N) is 2. The second-order valence-corrected chi connectivity index (χ2v) is 9.49. The number of amides is 1. The highest BCUT2D eigenvalue weighted by molar-refractivity contribution is 6.46. The van der Waals surface area contributed by atoms with E-state index in [1.165, 1.54) is 0 Å². The quantitative estimate of drug-likeness (QED) is 0.270. The molecule has 1 aliphatic rings. The fourth-order valence-corrected chi connectivity index (χ4v) is 4.52. The van der Waals surface area contributed by atoms with Gasteiger partial charge in [0.15, 0.2) is 0 Å². The van der Waals surface area contributed by atoms with Crippen LogP contribution in [0, 0.1) is 0 Å². The summed E-state index contributed by atoms with van der Waals surface area (Å²) < 4.78 is 11.3. The van der Waals surface area contributed by atoms with Crippen LogP contribution in [0.4, 0.5) is 0 Å². The van der Waals surface area contributed by atoms with E-state index < -0.39 is 17.7 Å². The van der Waals surface area contributed by atoms with Crippen molar-refractivity contribution in [2.24, 2.45) is 0 Å². The van der Waals surface area contributed by atoms with Crippen molar-refractivity contribution >= 4 is 17.4 Å². The summed E-state index contributed by atoms with van der Waals surface area (Å²) in [6.45, 7) is 10.2. The molecule has 1 atom stereocenters. The van der Waals surface area contributed by atoms with Crippen LogP contribution >= 0.6 is 0 Å². The molecule has 0 spiro atoms. The SMILES string of the molecule is CCOc1ccc(C2/C(=C(/O)c3ccc(OCC)c(C(C)C)c3)C(=O)C(=O)N2CCCN(C)C)cc1. The van der Waals surface area contributed by atoms with Crippen LogP contribution in [-0.4, -0.2) is 67.0 Å². The standard InChI is InChI=1S/C29H38N2O5/c1-7-35-22-13-10-20(11-14-22)26-25(28(33)29(34)31(26)17-9-16-30(5)6)27(32)21-12-15-24(36-8-2)23(18-21)19(3)4/h10-15,18-19,26,32H,7-9,16-17H2,1-6H3/b27-25-. The monoisotopic (exact) mass is 494 g/mol. The molecule has 0 radical (unpaired) electrons. The molecule has 36 heavy (non-hydrogen) atoms. The van der Waals surface area contributed by atoms with E-state index >= 15 is 0 Å². The lowest BCUT2D eigenvalue weighted by atomic mass is 9.93. The molecular weight excluding hydrogens is 456 g/mol. The number of hydrogen-bond donors (Lipinski definition) is 1. The molecule has 0 aliphatic carbocycles. The van der Waals surface area contributed by atoms with Gasteiger partial charge in [-0.15, -0.1) is 0 Å². The number of aliphatic hydroxyl groups is 1. The molecule has 1 fully saturated rings. The minimum Gasteiger partial charge on any atom is -0.507 e. The van der Waals surface area contributed by atoms with Crippen molar-refractivity contribution in [1.29, 1.82) is 0 Å². The van der Waals surface area contributed by atoms with Crippen molar-refractivity contribution in [1.82, 2.24) is 9.80 Å². The maximum atomic E-state index is 13.3. The van der Waals surface area contributed by atoms with E-state index in [-0.39, 0.29) is 17.3 Å². The molecule has 0 bridgehead atoms. The first-order chi connectivity index (χ1) is 17.2. The van der Waals surface area contributed by atoms with Crippen LogP contribution in [-0.2, 0) is 9.59 Å². The second kappa shape index (κ2) is 12.1. The zero-order valence-electron chi connectivity index (χ0n) is 22.2. The van der Waals surface area contributed by atoms with Gasteiger partial charge >= 0.3 is 0 Å². The molecular formula is C29H38N2O5. The molecule has 194 valence electrons. The molecule has 0 saturated carbocycles. The smallest absolute Gasteiger partial charge is 0.295 e. The number of hydrogen-bond acceptors (Lipinski definition) is 6. The summed E-state index contributed by atoms with van der Waals surface area (Å²) in [6, 6.07) is 12.1. The van der Waals surface area contributed by atoms with Crippen LogP contribution in [0.5, 0.6) is 11.5 Å². The minimum absolute atomic E-state index is 0.105. The second-order valence-electron chi connectivity index (χ2n) is 9.49. The number of aliphatic hydroxyl groups excluding tert-OH is 1. The summed E-state index contributed by atoms with van der Waals surface area (Å²) in [7, 11) is 3.94. The fraction of sp³-hybridized carbons (Fsp3) is 0.448. The first kappa shape index (κ1) is 27.3. The van der Waals surface area contributed by atoms with E-state index in [2.05, 4.69) is 0 Å². The van der Waals surface area contributed by atoms with Gasteiger partial charge in [-0.05, 0) is 88.3 Å². The molecule has 2 aromatic carbocycles. The van der Waals surface area contributed by atoms with Gasteiger partial charge in [0.1, 0.15) is 17.3 Å². The van der Waals surface area contributed by atoms with Crippen LogP contribution in [0.1, 0.15) is 62.8 Å². The summed E-state index contributed by atoms with van der Waals surface area (Å²) >= 11 is 0. The zero-order valence-corrected chi connectivity index (χ0v) is 22.2. The van der Waals surface area contributed by atoms with Crippen LogP contribution in [0.15, 0.2) is 48.0 Å². The number of carbonyl (C=O) groups is 2. The van der Waals surface area contributed by atoms with Gasteiger partial charge in [-0.3, -0.25) is 9.59 Å². The summed E-state index contributed by atoms with van der Waals surface area (Å²) in [5.41, 5.74) is 2.27. The van der Waals surface area contributed by atoms with E-state index in [1.54, 1.807) is 11.0 Å². The average Bonchev–Trinajstić information content (AvgIpc) is 3.09. The summed E-state index contributed by atoms with van der Waals surface area (Å²) in [4.78, 5) is 30.1. The van der Waals surface area contributed by atoms with Gasteiger partial charge in [0.05, 0.1) is 24.8 Å². The third-order valence-corrected chi connectivity index (χ3v) is 6.26. The summed E-state index contributed by atoms with van der Waals surface area (Å²) in [6.07, 6.45) is 0.703. The predicted molar refractivity (Wildman–Crippen MR) is 141 cm³/mol. The highest BCUT2D eigenvalue weighted by Gasteiger charge is 2.45. The van der Waals surface area contributed by atoms with Crippen LogP contribution in [0.3, 0.4) is 0 Å². The van der Waals surface area contributed by atoms with E-state index in [0.717, 1.165) is 23.4 Å². The number of Topliss-reactive ketones (excluding diaryl/α,β-unsaturated/α-hetero) is 1. The summed E-state index contributed by atoms with van der Waals surface area (Å²) in [5, 5.41) is 11.4. The summed E-state index contributed by atoms with van der Waals surface area (Å²) in [5.74, 6) is 0.164. The van der Waals surface area contributed by atoms with Crippen molar-refractivity contribution in [2.45, 2.75) is 46.1 Å². The van der Waals surface area contributed by atoms with Crippen molar-refractivity contribution in [3.8, 4) is 11.5 Å². The molecule has 7 nitrogen and oxygen atoms in total. The number of ketones is 1. The first-order valence-corrected chi connectivity index (χ1v) is 12.6. The molecule has 1 heterocycles. The fourth-order valence-electron chi connectivity index (χ4n) is 4.52. The zero-order chi connectivity index (χ0) is 26.4. The maximum Gasteiger partial charge on any atom is 0.295 e. The van der Waals surface area contributed by atoms with E-state index in [1.807, 2.05) is 83.1 Å². The maximum absolute atomic E-state index is 13.3. The number of ether oxygens (including phenoxy) is 2. The van der Waals surface area contributed by atoms with Gasteiger partial charge in [-0.2, -0.15) is 0 Å². The third kappa shape index (κ3) is 5.90. The number of carbonyl (C=O) groups excluding carboxylic acids is 2. The Morgan fingerprint density at radius 3 is 2.28 bits per heavy atom. The number of likely N-dealkylation sites (tertiary alicyclic amines) is 1. The number of benzene rings is 2. The van der Waals surface area contributed by atoms with Crippen molar-refractivity contribution < 1.29 is 24.2 Å². The molecule has 1 N–H and O–H groups in total. The number of rotatable bonds is 11. The van der Waals surface area contributed by atoms with Gasteiger partial charge in [-0.1, -0.05) is 26.0 Å². The Kier molecular flexibility index (Phi) is 9.15. The van der Waals surface area contributed by atoms with Crippen LogP contribution < -0.4 is 9.47 Å². The van der Waals surface area contributed by atoms with E-state index in [9.17, 15) is 14.7 Å². The Hall–Kier alpha value is -3.32. The lowest BCUT2D eigenvalue weighted by molar-refractivity contribution is -0.139. The Morgan fingerprint density at radius 1 is 1.03 bits per heavy atom. The van der Waals surface area contributed by atoms with Crippen molar-refractivity contribution in [3.63, 3.8) is 0 Å². The van der Waals surface area contributed by atoms with Gasteiger partial charge in [0, 0.05) is 12.1 Å². The highest BCUT2D eigenvalue weighted by Crippen LogP contribution is 2.41. The molecule has 3 rings (SSSR count). The van der Waals surface area contributed by atoms with Gasteiger partial charge in [0.2, 0.25) is 0 Å². The largest absolute Gasteiger partial charge is 0.507 e. The molecule has 2 aromatic rings. The van der Waals surface area contributed by atoms with Gasteiger partial charge in [0.25, 0.3) is 11.7 Å². The Morgan fingerprint density at radius 2 is 1.69 bits per heavy atom. The Balaban J connectivity index is 2.11. The lowest BCUT2D eigenvalue weighted by Crippen LogP contribution is -2.32. The predicted octanol–water partition coefficient (Wildman–Crippen LogP) is 4.98. The Labute approximate surface area is 214 Å². The first-order valence-electron chi connectivity index (χ1n) is 12.6. The van der Waals surface area contributed by atoms with E-state index in [4.69, 9.17) is 9.47 Å². The van der Waals surface area contributed by atoms with Crippen LogP contribution in [0.25, 0.3) is 5.76 Å². The molecule has 1 amide bonds. The minimum atomic E-state index is -0.683. The van der Waals surface area contributed by atoms with Gasteiger partial charge < -0.3 is 24.4 Å². The van der Waals surface area contributed by atoms with E-state index in [0.29, 0.717) is 37.5 Å². The Bertz CT molecular complexity index is 1110. The van der Waals surface area contributed by atoms with Crippen molar-refractivity contribution in [2.75, 3.05) is 40.4 Å².